The number of hydrogen-bond donors (Lipinski definition) is 2. The van der Waals surface area contributed by atoms with Gasteiger partial charge in [-0.2, -0.15) is 5.10 Å². The largest absolute Gasteiger partial charge is 0.337 e. The Bertz CT molecular complexity index is 938. The van der Waals surface area contributed by atoms with Gasteiger partial charge >= 0.3 is 0 Å². The molecular formula is C16H10Cl2N4. The molecule has 108 valence electrons. The molecule has 4 rings (SSSR count). The smallest absolute Gasteiger partial charge is 0.156 e. The highest BCUT2D eigenvalue weighted by Gasteiger charge is 2.10. The first-order chi connectivity index (χ1) is 10.7. The average molecular weight is 329 g/mol. The highest BCUT2D eigenvalue weighted by Crippen LogP contribution is 2.29. The maximum Gasteiger partial charge on any atom is 0.156 e. The van der Waals surface area contributed by atoms with E-state index in [-0.39, 0.29) is 0 Å². The van der Waals surface area contributed by atoms with Crippen LogP contribution in [0, 0.1) is 0 Å². The Balaban J connectivity index is 1.75. The molecule has 0 fully saturated rings. The third-order valence-corrected chi connectivity index (χ3v) is 4.18. The Morgan fingerprint density at radius 3 is 2.59 bits per heavy atom. The molecule has 0 aliphatic rings. The molecule has 0 aliphatic carbocycles. The number of aromatic nitrogens is 4. The van der Waals surface area contributed by atoms with E-state index in [1.165, 1.54) is 0 Å². The lowest BCUT2D eigenvalue weighted by atomic mass is 10.1. The molecule has 0 radical (unpaired) electrons. The lowest BCUT2D eigenvalue weighted by Gasteiger charge is -1.98. The van der Waals surface area contributed by atoms with E-state index < -0.39 is 0 Å². The number of benzene rings is 2. The summed E-state index contributed by atoms with van der Waals surface area (Å²) in [5.41, 5.74) is 4.41. The summed E-state index contributed by atoms with van der Waals surface area (Å²) in [7, 11) is 0. The average Bonchev–Trinajstić information content (AvgIpc) is 3.15. The summed E-state index contributed by atoms with van der Waals surface area (Å²) >= 11 is 12.0. The summed E-state index contributed by atoms with van der Waals surface area (Å²) in [6.07, 6.45) is 0. The number of fused-ring (bicyclic) bond motifs is 1. The van der Waals surface area contributed by atoms with Crippen LogP contribution in [-0.4, -0.2) is 20.2 Å². The fourth-order valence-corrected chi connectivity index (χ4v) is 2.62. The minimum Gasteiger partial charge on any atom is -0.337 e. The molecule has 0 atom stereocenters. The van der Waals surface area contributed by atoms with Gasteiger partial charge in [0.25, 0.3) is 0 Å². The first-order valence-electron chi connectivity index (χ1n) is 6.67. The van der Waals surface area contributed by atoms with E-state index in [0.717, 1.165) is 33.8 Å². The van der Waals surface area contributed by atoms with Crippen molar-refractivity contribution in [3.05, 3.63) is 58.6 Å². The van der Waals surface area contributed by atoms with Gasteiger partial charge in [0.05, 0.1) is 26.8 Å². The van der Waals surface area contributed by atoms with Crippen molar-refractivity contribution in [3.8, 4) is 22.8 Å². The number of imidazole rings is 1. The van der Waals surface area contributed by atoms with E-state index in [1.807, 2.05) is 36.4 Å². The standard InChI is InChI=1S/C16H10Cl2N4/c17-10-6-5-9(7-11(10)18)14-8-15(22-21-14)16-19-12-3-1-2-4-13(12)20-16/h1-8H,(H,19,20)(H,21,22). The van der Waals surface area contributed by atoms with Crippen LogP contribution in [0.3, 0.4) is 0 Å². The SMILES string of the molecule is Clc1ccc(-c2cc(-c3nc4ccccc4[nH]3)[nH]n2)cc1Cl. The van der Waals surface area contributed by atoms with Gasteiger partial charge < -0.3 is 4.98 Å². The van der Waals surface area contributed by atoms with Crippen LogP contribution >= 0.6 is 23.2 Å². The number of H-pyrrole nitrogens is 2. The fourth-order valence-electron chi connectivity index (χ4n) is 2.33. The summed E-state index contributed by atoms with van der Waals surface area (Å²) in [5.74, 6) is 0.750. The second-order valence-corrected chi connectivity index (χ2v) is 5.71. The number of hydrogen-bond acceptors (Lipinski definition) is 2. The minimum atomic E-state index is 0.507. The number of rotatable bonds is 2. The Morgan fingerprint density at radius 1 is 0.909 bits per heavy atom. The van der Waals surface area contributed by atoms with Gasteiger partial charge in [0.2, 0.25) is 0 Å². The third kappa shape index (κ3) is 2.26. The normalized spacial score (nSPS) is 11.2. The first kappa shape index (κ1) is 13.4. The topological polar surface area (TPSA) is 57.4 Å². The number of nitrogens with zero attached hydrogens (tertiary/aromatic N) is 2. The van der Waals surface area contributed by atoms with Gasteiger partial charge in [-0.05, 0) is 30.3 Å². The molecule has 0 spiro atoms. The molecule has 2 aromatic heterocycles. The number of aromatic amines is 2. The summed E-state index contributed by atoms with van der Waals surface area (Å²) in [6.45, 7) is 0. The molecule has 6 heteroatoms. The van der Waals surface area contributed by atoms with Crippen LogP contribution in [0.1, 0.15) is 0 Å². The maximum atomic E-state index is 6.05. The van der Waals surface area contributed by atoms with Crippen molar-refractivity contribution >= 4 is 34.2 Å². The van der Waals surface area contributed by atoms with Crippen molar-refractivity contribution in [2.45, 2.75) is 0 Å². The molecule has 0 unspecified atom stereocenters. The van der Waals surface area contributed by atoms with E-state index >= 15 is 0 Å². The highest BCUT2D eigenvalue weighted by atomic mass is 35.5. The molecule has 0 amide bonds. The second kappa shape index (κ2) is 5.16. The van der Waals surface area contributed by atoms with Crippen molar-refractivity contribution in [1.82, 2.24) is 20.2 Å². The van der Waals surface area contributed by atoms with Gasteiger partial charge in [-0.25, -0.2) is 4.98 Å². The zero-order valence-electron chi connectivity index (χ0n) is 11.3. The first-order valence-corrected chi connectivity index (χ1v) is 7.42. The Kier molecular flexibility index (Phi) is 3.13. The van der Waals surface area contributed by atoms with Crippen LogP contribution in [0.4, 0.5) is 0 Å². The Labute approximate surface area is 136 Å². The van der Waals surface area contributed by atoms with Gasteiger partial charge in [0, 0.05) is 5.56 Å². The number of para-hydroxylation sites is 2. The lowest BCUT2D eigenvalue weighted by Crippen LogP contribution is -1.79. The van der Waals surface area contributed by atoms with Crippen LogP contribution in [0.5, 0.6) is 0 Å². The predicted octanol–water partition coefficient (Wildman–Crippen LogP) is 4.93. The minimum absolute atomic E-state index is 0.507. The lowest BCUT2D eigenvalue weighted by molar-refractivity contribution is 1.09. The molecule has 0 saturated carbocycles. The van der Waals surface area contributed by atoms with Crippen LogP contribution in [-0.2, 0) is 0 Å². The van der Waals surface area contributed by atoms with Crippen LogP contribution < -0.4 is 0 Å². The zero-order chi connectivity index (χ0) is 15.1. The molecule has 4 aromatic rings. The van der Waals surface area contributed by atoms with E-state index in [2.05, 4.69) is 20.2 Å². The molecule has 2 N–H and O–H groups in total. The molecule has 0 bridgehead atoms. The van der Waals surface area contributed by atoms with Crippen LogP contribution in [0.15, 0.2) is 48.5 Å². The third-order valence-electron chi connectivity index (χ3n) is 3.44. The molecule has 4 nitrogen and oxygen atoms in total. The quantitative estimate of drug-likeness (QED) is 0.548. The Hall–Kier alpha value is -2.30. The summed E-state index contributed by atoms with van der Waals surface area (Å²) in [6, 6.07) is 15.2. The fraction of sp³-hybridized carbons (Fsp3) is 0. The van der Waals surface area contributed by atoms with Crippen molar-refractivity contribution in [1.29, 1.82) is 0 Å². The van der Waals surface area contributed by atoms with Gasteiger partial charge in [0.15, 0.2) is 5.82 Å². The van der Waals surface area contributed by atoms with Gasteiger partial charge in [0.1, 0.15) is 5.69 Å². The van der Waals surface area contributed by atoms with Crippen LogP contribution in [0.25, 0.3) is 33.8 Å². The molecule has 0 saturated heterocycles. The molecule has 2 heterocycles. The van der Waals surface area contributed by atoms with E-state index in [1.54, 1.807) is 12.1 Å². The van der Waals surface area contributed by atoms with Crippen molar-refractivity contribution < 1.29 is 0 Å². The monoisotopic (exact) mass is 328 g/mol. The van der Waals surface area contributed by atoms with E-state index in [4.69, 9.17) is 23.2 Å². The van der Waals surface area contributed by atoms with Gasteiger partial charge in [-0.3, -0.25) is 5.10 Å². The summed E-state index contributed by atoms with van der Waals surface area (Å²) < 4.78 is 0. The molecule has 0 aliphatic heterocycles. The van der Waals surface area contributed by atoms with Crippen molar-refractivity contribution in [2.75, 3.05) is 0 Å². The second-order valence-electron chi connectivity index (χ2n) is 4.90. The zero-order valence-corrected chi connectivity index (χ0v) is 12.8. The van der Waals surface area contributed by atoms with Crippen molar-refractivity contribution in [2.24, 2.45) is 0 Å². The maximum absolute atomic E-state index is 6.05. The Morgan fingerprint density at radius 2 is 1.77 bits per heavy atom. The van der Waals surface area contributed by atoms with Crippen LogP contribution in [0.2, 0.25) is 10.0 Å². The number of nitrogens with one attached hydrogen (secondary N) is 2. The predicted molar refractivity (Wildman–Crippen MR) is 89.1 cm³/mol. The van der Waals surface area contributed by atoms with Crippen molar-refractivity contribution in [3.63, 3.8) is 0 Å². The molecule has 2 aromatic carbocycles. The van der Waals surface area contributed by atoms with E-state index in [0.29, 0.717) is 10.0 Å². The van der Waals surface area contributed by atoms with Gasteiger partial charge in [-0.1, -0.05) is 41.4 Å². The molecular weight excluding hydrogens is 319 g/mol. The number of halogens is 2. The summed E-state index contributed by atoms with van der Waals surface area (Å²) in [5, 5.41) is 8.35. The molecule has 22 heavy (non-hydrogen) atoms. The summed E-state index contributed by atoms with van der Waals surface area (Å²) in [4.78, 5) is 7.82. The van der Waals surface area contributed by atoms with Gasteiger partial charge in [-0.15, -0.1) is 0 Å². The van der Waals surface area contributed by atoms with E-state index in [9.17, 15) is 0 Å². The highest BCUT2D eigenvalue weighted by molar-refractivity contribution is 6.42.